The highest BCUT2D eigenvalue weighted by molar-refractivity contribution is 5.26. The molecule has 0 atom stereocenters. The molecule has 0 radical (unpaired) electrons. The van der Waals surface area contributed by atoms with Crippen LogP contribution in [0.2, 0.25) is 0 Å². The van der Waals surface area contributed by atoms with E-state index in [-0.39, 0.29) is 0 Å². The highest BCUT2D eigenvalue weighted by Crippen LogP contribution is 2.26. The summed E-state index contributed by atoms with van der Waals surface area (Å²) in [6, 6.07) is 9.45. The van der Waals surface area contributed by atoms with Gasteiger partial charge >= 0.3 is 0 Å². The highest BCUT2D eigenvalue weighted by Gasteiger charge is 2.23. The molecule has 1 saturated carbocycles. The van der Waals surface area contributed by atoms with Crippen LogP contribution in [0, 0.1) is 5.92 Å². The Morgan fingerprint density at radius 2 is 1.80 bits per heavy atom. The standard InChI is InChI=1S/C18H30N2/c1-15(2)11-12-20(18-9-5-6-10-18)14-17-8-4-3-7-16(17)13-19/h3-4,7-8,15,18H,5-6,9-14,19H2,1-2H3. The Bertz CT molecular complexity index is 394. The predicted octanol–water partition coefficient (Wildman–Crippen LogP) is 3.94. The molecule has 0 bridgehead atoms. The Morgan fingerprint density at radius 3 is 2.40 bits per heavy atom. The molecule has 2 rings (SSSR count). The van der Waals surface area contributed by atoms with E-state index in [4.69, 9.17) is 5.73 Å². The van der Waals surface area contributed by atoms with Crippen molar-refractivity contribution in [3.63, 3.8) is 0 Å². The molecule has 1 aromatic carbocycles. The molecule has 2 N–H and O–H groups in total. The minimum absolute atomic E-state index is 0.652. The Labute approximate surface area is 124 Å². The number of hydrogen-bond acceptors (Lipinski definition) is 2. The third-order valence-corrected chi connectivity index (χ3v) is 4.55. The molecule has 1 aliphatic carbocycles. The second-order valence-corrected chi connectivity index (χ2v) is 6.56. The summed E-state index contributed by atoms with van der Waals surface area (Å²) >= 11 is 0. The largest absolute Gasteiger partial charge is 0.326 e. The first-order valence-electron chi connectivity index (χ1n) is 8.21. The van der Waals surface area contributed by atoms with Crippen molar-refractivity contribution in [3.8, 4) is 0 Å². The summed E-state index contributed by atoms with van der Waals surface area (Å²) in [4.78, 5) is 2.71. The van der Waals surface area contributed by atoms with E-state index in [0.717, 1.165) is 18.5 Å². The Morgan fingerprint density at radius 1 is 1.15 bits per heavy atom. The molecule has 2 heteroatoms. The molecular weight excluding hydrogens is 244 g/mol. The fourth-order valence-electron chi connectivity index (χ4n) is 3.21. The highest BCUT2D eigenvalue weighted by atomic mass is 15.2. The van der Waals surface area contributed by atoms with E-state index in [1.807, 2.05) is 0 Å². The fourth-order valence-corrected chi connectivity index (χ4v) is 3.21. The van der Waals surface area contributed by atoms with Crippen molar-refractivity contribution in [1.82, 2.24) is 4.90 Å². The van der Waals surface area contributed by atoms with Crippen LogP contribution in [0.1, 0.15) is 57.1 Å². The van der Waals surface area contributed by atoms with Gasteiger partial charge in [0.15, 0.2) is 0 Å². The summed E-state index contributed by atoms with van der Waals surface area (Å²) in [6.45, 7) is 7.59. The quantitative estimate of drug-likeness (QED) is 0.816. The Kier molecular flexibility index (Phi) is 6.06. The number of benzene rings is 1. The molecule has 0 aromatic heterocycles. The molecule has 1 aliphatic rings. The van der Waals surface area contributed by atoms with Gasteiger partial charge < -0.3 is 5.73 Å². The van der Waals surface area contributed by atoms with Gasteiger partial charge in [-0.05, 0) is 42.9 Å². The zero-order chi connectivity index (χ0) is 14.4. The molecule has 2 nitrogen and oxygen atoms in total. The monoisotopic (exact) mass is 274 g/mol. The lowest BCUT2D eigenvalue weighted by molar-refractivity contribution is 0.179. The van der Waals surface area contributed by atoms with Crippen molar-refractivity contribution in [2.75, 3.05) is 6.54 Å². The van der Waals surface area contributed by atoms with Crippen molar-refractivity contribution >= 4 is 0 Å². The first-order valence-corrected chi connectivity index (χ1v) is 8.21. The van der Waals surface area contributed by atoms with Crippen LogP contribution < -0.4 is 5.73 Å². The van der Waals surface area contributed by atoms with Crippen molar-refractivity contribution in [2.24, 2.45) is 11.7 Å². The summed E-state index contributed by atoms with van der Waals surface area (Å²) in [7, 11) is 0. The molecule has 0 spiro atoms. The molecule has 112 valence electrons. The SMILES string of the molecule is CC(C)CCN(Cc1ccccc1CN)C1CCCC1. The van der Waals surface area contributed by atoms with Gasteiger partial charge in [0.25, 0.3) is 0 Å². The minimum Gasteiger partial charge on any atom is -0.326 e. The first kappa shape index (κ1) is 15.5. The van der Waals surface area contributed by atoms with Gasteiger partial charge in [0, 0.05) is 19.1 Å². The van der Waals surface area contributed by atoms with E-state index in [2.05, 4.69) is 43.0 Å². The predicted molar refractivity (Wildman–Crippen MR) is 86.5 cm³/mol. The van der Waals surface area contributed by atoms with Gasteiger partial charge in [-0.15, -0.1) is 0 Å². The topological polar surface area (TPSA) is 29.3 Å². The van der Waals surface area contributed by atoms with Gasteiger partial charge in [-0.2, -0.15) is 0 Å². The van der Waals surface area contributed by atoms with Crippen LogP contribution in [-0.4, -0.2) is 17.5 Å². The molecule has 0 unspecified atom stereocenters. The second-order valence-electron chi connectivity index (χ2n) is 6.56. The second kappa shape index (κ2) is 7.80. The summed E-state index contributed by atoms with van der Waals surface area (Å²) in [6.07, 6.45) is 6.86. The number of rotatable bonds is 7. The molecule has 1 aromatic rings. The van der Waals surface area contributed by atoms with Crippen molar-refractivity contribution in [3.05, 3.63) is 35.4 Å². The number of hydrogen-bond donors (Lipinski definition) is 1. The molecule has 20 heavy (non-hydrogen) atoms. The lowest BCUT2D eigenvalue weighted by atomic mass is 10.0. The first-order chi connectivity index (χ1) is 9.70. The van der Waals surface area contributed by atoms with Crippen LogP contribution in [-0.2, 0) is 13.1 Å². The molecule has 0 aliphatic heterocycles. The van der Waals surface area contributed by atoms with E-state index < -0.39 is 0 Å². The van der Waals surface area contributed by atoms with E-state index in [1.54, 1.807) is 0 Å². The van der Waals surface area contributed by atoms with Gasteiger partial charge in [0.05, 0.1) is 0 Å². The molecule has 0 heterocycles. The van der Waals surface area contributed by atoms with E-state index >= 15 is 0 Å². The lowest BCUT2D eigenvalue weighted by Crippen LogP contribution is -2.34. The van der Waals surface area contributed by atoms with Crippen LogP contribution in [0.4, 0.5) is 0 Å². The Balaban J connectivity index is 2.05. The summed E-state index contributed by atoms with van der Waals surface area (Å²) < 4.78 is 0. The average Bonchev–Trinajstić information content (AvgIpc) is 2.97. The molecule has 0 amide bonds. The van der Waals surface area contributed by atoms with Crippen LogP contribution in [0.15, 0.2) is 24.3 Å². The van der Waals surface area contributed by atoms with Crippen LogP contribution in [0.25, 0.3) is 0 Å². The fraction of sp³-hybridized carbons (Fsp3) is 0.667. The van der Waals surface area contributed by atoms with Crippen LogP contribution in [0.3, 0.4) is 0 Å². The average molecular weight is 274 g/mol. The van der Waals surface area contributed by atoms with Gasteiger partial charge in [0.2, 0.25) is 0 Å². The third-order valence-electron chi connectivity index (χ3n) is 4.55. The van der Waals surface area contributed by atoms with Gasteiger partial charge in [-0.3, -0.25) is 4.90 Å². The Hall–Kier alpha value is -0.860. The molecular formula is C18H30N2. The summed E-state index contributed by atoms with van der Waals surface area (Å²) in [5.41, 5.74) is 8.61. The van der Waals surface area contributed by atoms with Crippen molar-refractivity contribution < 1.29 is 0 Å². The van der Waals surface area contributed by atoms with Gasteiger partial charge in [0.1, 0.15) is 0 Å². The number of nitrogens with two attached hydrogens (primary N) is 1. The maximum absolute atomic E-state index is 5.88. The van der Waals surface area contributed by atoms with E-state index in [1.165, 1.54) is 49.8 Å². The minimum atomic E-state index is 0.652. The third kappa shape index (κ3) is 4.32. The number of nitrogens with zero attached hydrogens (tertiary/aromatic N) is 1. The zero-order valence-electron chi connectivity index (χ0n) is 13.1. The van der Waals surface area contributed by atoms with E-state index in [9.17, 15) is 0 Å². The maximum atomic E-state index is 5.88. The maximum Gasteiger partial charge on any atom is 0.0239 e. The smallest absolute Gasteiger partial charge is 0.0239 e. The lowest BCUT2D eigenvalue weighted by Gasteiger charge is -2.30. The van der Waals surface area contributed by atoms with Crippen LogP contribution >= 0.6 is 0 Å². The van der Waals surface area contributed by atoms with Gasteiger partial charge in [-0.25, -0.2) is 0 Å². The summed E-state index contributed by atoms with van der Waals surface area (Å²) in [5, 5.41) is 0. The zero-order valence-corrected chi connectivity index (χ0v) is 13.1. The normalized spacial score (nSPS) is 16.4. The van der Waals surface area contributed by atoms with Crippen molar-refractivity contribution in [2.45, 2.75) is 65.1 Å². The molecule has 1 fully saturated rings. The summed E-state index contributed by atoms with van der Waals surface area (Å²) in [5.74, 6) is 0.781. The van der Waals surface area contributed by atoms with Gasteiger partial charge in [-0.1, -0.05) is 51.0 Å². The van der Waals surface area contributed by atoms with Crippen molar-refractivity contribution in [1.29, 1.82) is 0 Å². The molecule has 0 saturated heterocycles. The van der Waals surface area contributed by atoms with E-state index in [0.29, 0.717) is 6.54 Å². The van der Waals surface area contributed by atoms with Crippen LogP contribution in [0.5, 0.6) is 0 Å².